The average molecular weight is 264 g/mol. The highest BCUT2D eigenvalue weighted by Crippen LogP contribution is 2.16. The van der Waals surface area contributed by atoms with E-state index in [4.69, 9.17) is 4.74 Å². The van der Waals surface area contributed by atoms with Gasteiger partial charge in [0.25, 0.3) is 0 Å². The Balaban J connectivity index is 2.03. The van der Waals surface area contributed by atoms with Crippen LogP contribution < -0.4 is 10.1 Å². The molecule has 0 saturated heterocycles. The van der Waals surface area contributed by atoms with Crippen molar-refractivity contribution in [3.05, 3.63) is 27.8 Å². The van der Waals surface area contributed by atoms with Crippen molar-refractivity contribution in [1.29, 1.82) is 0 Å². The molecule has 5 nitrogen and oxygen atoms in total. The lowest BCUT2D eigenvalue weighted by Gasteiger charge is -2.05. The molecule has 0 bridgehead atoms. The van der Waals surface area contributed by atoms with Crippen molar-refractivity contribution in [2.75, 3.05) is 12.4 Å². The molecule has 0 radical (unpaired) electrons. The second-order valence-corrected chi connectivity index (χ2v) is 5.00. The minimum absolute atomic E-state index is 0.568. The summed E-state index contributed by atoms with van der Waals surface area (Å²) in [5.74, 6) is 1.14. The predicted molar refractivity (Wildman–Crippen MR) is 72.1 cm³/mol. The summed E-state index contributed by atoms with van der Waals surface area (Å²) < 4.78 is 5.11. The number of hydrogen-bond donors (Lipinski definition) is 1. The molecule has 0 aliphatic carbocycles. The summed E-state index contributed by atoms with van der Waals surface area (Å²) >= 11 is 1.71. The van der Waals surface area contributed by atoms with Crippen LogP contribution in [-0.4, -0.2) is 22.1 Å². The van der Waals surface area contributed by atoms with Crippen LogP contribution in [0, 0.1) is 6.92 Å². The third-order valence-electron chi connectivity index (χ3n) is 2.39. The number of hydrogen-bond acceptors (Lipinski definition) is 6. The molecule has 0 aliphatic heterocycles. The van der Waals surface area contributed by atoms with E-state index in [1.54, 1.807) is 24.5 Å². The SMILES string of the molecule is CCc1cnc(CNc2nc(C)cc(OC)n2)s1. The Labute approximate surface area is 110 Å². The lowest BCUT2D eigenvalue weighted by Crippen LogP contribution is -2.05. The van der Waals surface area contributed by atoms with Crippen LogP contribution >= 0.6 is 11.3 Å². The molecule has 0 saturated carbocycles. The Kier molecular flexibility index (Phi) is 4.09. The first-order valence-electron chi connectivity index (χ1n) is 5.78. The first-order chi connectivity index (χ1) is 8.71. The predicted octanol–water partition coefficient (Wildman–Crippen LogP) is 2.42. The van der Waals surface area contributed by atoms with E-state index in [0.29, 0.717) is 18.4 Å². The van der Waals surface area contributed by atoms with Crippen molar-refractivity contribution in [2.24, 2.45) is 0 Å². The van der Waals surface area contributed by atoms with Crippen LogP contribution in [0.3, 0.4) is 0 Å². The third-order valence-corrected chi connectivity index (χ3v) is 3.53. The molecular formula is C12H16N4OS. The van der Waals surface area contributed by atoms with E-state index < -0.39 is 0 Å². The van der Waals surface area contributed by atoms with E-state index in [1.165, 1.54) is 4.88 Å². The molecule has 0 fully saturated rings. The maximum atomic E-state index is 5.11. The molecule has 96 valence electrons. The molecule has 0 amide bonds. The van der Waals surface area contributed by atoms with Crippen LogP contribution in [0.15, 0.2) is 12.3 Å². The van der Waals surface area contributed by atoms with Gasteiger partial charge in [0, 0.05) is 22.8 Å². The molecule has 0 spiro atoms. The number of anilines is 1. The normalized spacial score (nSPS) is 10.4. The van der Waals surface area contributed by atoms with Gasteiger partial charge in [-0.15, -0.1) is 11.3 Å². The monoisotopic (exact) mass is 264 g/mol. The fourth-order valence-electron chi connectivity index (χ4n) is 1.47. The van der Waals surface area contributed by atoms with Crippen molar-refractivity contribution in [3.8, 4) is 5.88 Å². The van der Waals surface area contributed by atoms with Crippen molar-refractivity contribution >= 4 is 17.3 Å². The molecule has 0 unspecified atom stereocenters. The highest BCUT2D eigenvalue weighted by molar-refractivity contribution is 7.11. The van der Waals surface area contributed by atoms with E-state index in [9.17, 15) is 0 Å². The summed E-state index contributed by atoms with van der Waals surface area (Å²) in [7, 11) is 1.60. The summed E-state index contributed by atoms with van der Waals surface area (Å²) in [5.41, 5.74) is 0.873. The fraction of sp³-hybridized carbons (Fsp3) is 0.417. The quantitative estimate of drug-likeness (QED) is 0.898. The zero-order valence-corrected chi connectivity index (χ0v) is 11.5. The molecule has 2 rings (SSSR count). The largest absolute Gasteiger partial charge is 0.481 e. The number of ether oxygens (including phenoxy) is 1. The maximum absolute atomic E-state index is 5.11. The Morgan fingerprint density at radius 2 is 2.22 bits per heavy atom. The summed E-state index contributed by atoms with van der Waals surface area (Å²) in [6.07, 6.45) is 2.94. The van der Waals surface area contributed by atoms with E-state index in [0.717, 1.165) is 17.1 Å². The standard InChI is InChI=1S/C12H16N4OS/c1-4-9-6-13-11(18-9)7-14-12-15-8(2)5-10(16-12)17-3/h5-6H,4,7H2,1-3H3,(H,14,15,16). The minimum atomic E-state index is 0.568. The molecule has 0 aromatic carbocycles. The summed E-state index contributed by atoms with van der Waals surface area (Å²) in [6, 6.07) is 1.80. The molecule has 0 atom stereocenters. The van der Waals surface area contributed by atoms with E-state index in [1.807, 2.05) is 13.1 Å². The number of methoxy groups -OCH3 is 1. The molecule has 0 aliphatic rings. The number of aryl methyl sites for hydroxylation is 2. The van der Waals surface area contributed by atoms with Crippen LogP contribution in [0.4, 0.5) is 5.95 Å². The molecular weight excluding hydrogens is 248 g/mol. The summed E-state index contributed by atoms with van der Waals surface area (Å²) in [6.45, 7) is 4.67. The third kappa shape index (κ3) is 3.16. The van der Waals surface area contributed by atoms with Gasteiger partial charge in [-0.25, -0.2) is 9.97 Å². The highest BCUT2D eigenvalue weighted by atomic mass is 32.1. The average Bonchev–Trinajstić information content (AvgIpc) is 2.83. The number of aromatic nitrogens is 3. The maximum Gasteiger partial charge on any atom is 0.226 e. The molecule has 6 heteroatoms. The number of nitrogens with one attached hydrogen (secondary N) is 1. The van der Waals surface area contributed by atoms with E-state index >= 15 is 0 Å². The fourth-order valence-corrected chi connectivity index (χ4v) is 2.27. The van der Waals surface area contributed by atoms with Crippen LogP contribution in [0.25, 0.3) is 0 Å². The molecule has 2 aromatic heterocycles. The van der Waals surface area contributed by atoms with Crippen LogP contribution in [0.5, 0.6) is 5.88 Å². The first-order valence-corrected chi connectivity index (χ1v) is 6.60. The van der Waals surface area contributed by atoms with Gasteiger partial charge >= 0.3 is 0 Å². The zero-order valence-electron chi connectivity index (χ0n) is 10.7. The Morgan fingerprint density at radius 1 is 1.39 bits per heavy atom. The molecule has 1 N–H and O–H groups in total. The van der Waals surface area contributed by atoms with Crippen molar-refractivity contribution in [3.63, 3.8) is 0 Å². The van der Waals surface area contributed by atoms with Gasteiger partial charge in [0.1, 0.15) is 5.01 Å². The van der Waals surface area contributed by atoms with Crippen LogP contribution in [0.1, 0.15) is 22.5 Å². The van der Waals surface area contributed by atoms with Gasteiger partial charge in [-0.2, -0.15) is 4.98 Å². The van der Waals surface area contributed by atoms with Gasteiger partial charge in [0.2, 0.25) is 11.8 Å². The zero-order chi connectivity index (χ0) is 13.0. The van der Waals surface area contributed by atoms with Crippen molar-refractivity contribution < 1.29 is 4.74 Å². The Bertz CT molecular complexity index is 527. The van der Waals surface area contributed by atoms with Gasteiger partial charge in [-0.3, -0.25) is 0 Å². The summed E-state index contributed by atoms with van der Waals surface area (Å²) in [5, 5.41) is 4.20. The second kappa shape index (κ2) is 5.77. The number of thiazole rings is 1. The minimum Gasteiger partial charge on any atom is -0.481 e. The van der Waals surface area contributed by atoms with Crippen LogP contribution in [-0.2, 0) is 13.0 Å². The first kappa shape index (κ1) is 12.8. The topological polar surface area (TPSA) is 59.9 Å². The van der Waals surface area contributed by atoms with Gasteiger partial charge in [-0.05, 0) is 13.3 Å². The Hall–Kier alpha value is -1.69. The van der Waals surface area contributed by atoms with Crippen molar-refractivity contribution in [2.45, 2.75) is 26.8 Å². The smallest absolute Gasteiger partial charge is 0.226 e. The summed E-state index contributed by atoms with van der Waals surface area (Å²) in [4.78, 5) is 14.1. The van der Waals surface area contributed by atoms with Gasteiger partial charge in [0.15, 0.2) is 0 Å². The van der Waals surface area contributed by atoms with Gasteiger partial charge < -0.3 is 10.1 Å². The number of nitrogens with zero attached hydrogens (tertiary/aromatic N) is 3. The Morgan fingerprint density at radius 3 is 2.89 bits per heavy atom. The molecule has 2 heterocycles. The lowest BCUT2D eigenvalue weighted by atomic mass is 10.4. The highest BCUT2D eigenvalue weighted by Gasteiger charge is 2.04. The molecule has 2 aromatic rings. The van der Waals surface area contributed by atoms with E-state index in [-0.39, 0.29) is 0 Å². The second-order valence-electron chi connectivity index (χ2n) is 3.80. The number of rotatable bonds is 5. The van der Waals surface area contributed by atoms with Crippen molar-refractivity contribution in [1.82, 2.24) is 15.0 Å². The lowest BCUT2D eigenvalue weighted by molar-refractivity contribution is 0.397. The van der Waals surface area contributed by atoms with Gasteiger partial charge in [-0.1, -0.05) is 6.92 Å². The molecule has 18 heavy (non-hydrogen) atoms. The van der Waals surface area contributed by atoms with Crippen LogP contribution in [0.2, 0.25) is 0 Å². The van der Waals surface area contributed by atoms with Gasteiger partial charge in [0.05, 0.1) is 13.7 Å². The van der Waals surface area contributed by atoms with E-state index in [2.05, 4.69) is 27.2 Å².